The lowest BCUT2D eigenvalue weighted by Gasteiger charge is -2.34. The minimum absolute atomic E-state index is 0.0517. The molecule has 6 heteroatoms. The molecular weight excluding hydrogens is 296 g/mol. The SMILES string of the molecule is COC1CCCC1OC(=O)C1CCN(C(=O)N2CCCC2)CC1. The van der Waals surface area contributed by atoms with Crippen LogP contribution in [0.25, 0.3) is 0 Å². The van der Waals surface area contributed by atoms with Crippen molar-refractivity contribution in [1.82, 2.24) is 9.80 Å². The molecule has 2 aliphatic heterocycles. The van der Waals surface area contributed by atoms with E-state index in [1.807, 2.05) is 9.80 Å². The van der Waals surface area contributed by atoms with Crippen LogP contribution in [0.4, 0.5) is 4.79 Å². The lowest BCUT2D eigenvalue weighted by atomic mass is 9.97. The molecular formula is C17H28N2O4. The highest BCUT2D eigenvalue weighted by molar-refractivity contribution is 5.76. The number of amides is 2. The summed E-state index contributed by atoms with van der Waals surface area (Å²) in [6.07, 6.45) is 6.53. The van der Waals surface area contributed by atoms with Gasteiger partial charge in [0.2, 0.25) is 0 Å². The minimum Gasteiger partial charge on any atom is -0.459 e. The van der Waals surface area contributed by atoms with Crippen LogP contribution in [0.1, 0.15) is 44.9 Å². The van der Waals surface area contributed by atoms with Crippen molar-refractivity contribution in [3.05, 3.63) is 0 Å². The number of ether oxygens (including phenoxy) is 2. The number of esters is 1. The van der Waals surface area contributed by atoms with Crippen LogP contribution in [0.3, 0.4) is 0 Å². The molecule has 3 aliphatic rings. The van der Waals surface area contributed by atoms with E-state index in [0.717, 1.165) is 45.2 Å². The third-order valence-corrected chi connectivity index (χ3v) is 5.44. The second-order valence-electron chi connectivity index (χ2n) is 6.92. The van der Waals surface area contributed by atoms with E-state index >= 15 is 0 Å². The van der Waals surface area contributed by atoms with Gasteiger partial charge in [-0.1, -0.05) is 0 Å². The van der Waals surface area contributed by atoms with Crippen molar-refractivity contribution in [2.75, 3.05) is 33.3 Å². The average Bonchev–Trinajstić information content (AvgIpc) is 3.25. The fraction of sp³-hybridized carbons (Fsp3) is 0.882. The van der Waals surface area contributed by atoms with E-state index in [0.29, 0.717) is 25.9 Å². The van der Waals surface area contributed by atoms with Crippen LogP contribution in [-0.2, 0) is 14.3 Å². The zero-order valence-electron chi connectivity index (χ0n) is 14.0. The van der Waals surface area contributed by atoms with Gasteiger partial charge in [-0.2, -0.15) is 0 Å². The quantitative estimate of drug-likeness (QED) is 0.745. The number of carbonyl (C=O) groups is 2. The smallest absolute Gasteiger partial charge is 0.319 e. The van der Waals surface area contributed by atoms with Crippen molar-refractivity contribution in [3.8, 4) is 0 Å². The molecule has 2 atom stereocenters. The molecule has 2 heterocycles. The molecule has 1 aliphatic carbocycles. The van der Waals surface area contributed by atoms with Crippen LogP contribution >= 0.6 is 0 Å². The fourth-order valence-corrected chi connectivity index (χ4v) is 3.96. The number of nitrogens with zero attached hydrogens (tertiary/aromatic N) is 2. The van der Waals surface area contributed by atoms with Crippen molar-refractivity contribution in [2.24, 2.45) is 5.92 Å². The van der Waals surface area contributed by atoms with Crippen LogP contribution in [0, 0.1) is 5.92 Å². The van der Waals surface area contributed by atoms with E-state index < -0.39 is 0 Å². The molecule has 6 nitrogen and oxygen atoms in total. The summed E-state index contributed by atoms with van der Waals surface area (Å²) >= 11 is 0. The first kappa shape index (κ1) is 16.6. The predicted octanol–water partition coefficient (Wildman–Crippen LogP) is 2.02. The second-order valence-corrected chi connectivity index (χ2v) is 6.92. The molecule has 2 unspecified atom stereocenters. The Morgan fingerprint density at radius 2 is 1.43 bits per heavy atom. The molecule has 23 heavy (non-hydrogen) atoms. The number of piperidine rings is 1. The number of hydrogen-bond acceptors (Lipinski definition) is 4. The fourth-order valence-electron chi connectivity index (χ4n) is 3.96. The summed E-state index contributed by atoms with van der Waals surface area (Å²) in [7, 11) is 1.68. The first-order valence-corrected chi connectivity index (χ1v) is 8.96. The third-order valence-electron chi connectivity index (χ3n) is 5.44. The Morgan fingerprint density at radius 1 is 0.826 bits per heavy atom. The van der Waals surface area contributed by atoms with Gasteiger partial charge in [0, 0.05) is 33.3 Å². The van der Waals surface area contributed by atoms with Crippen molar-refractivity contribution in [1.29, 1.82) is 0 Å². The van der Waals surface area contributed by atoms with Crippen molar-refractivity contribution < 1.29 is 19.1 Å². The number of rotatable bonds is 3. The van der Waals surface area contributed by atoms with Gasteiger partial charge in [0.15, 0.2) is 0 Å². The van der Waals surface area contributed by atoms with Gasteiger partial charge in [-0.25, -0.2) is 4.79 Å². The summed E-state index contributed by atoms with van der Waals surface area (Å²) in [5.74, 6) is -0.178. The van der Waals surface area contributed by atoms with Crippen molar-refractivity contribution >= 4 is 12.0 Å². The first-order valence-electron chi connectivity index (χ1n) is 8.96. The summed E-state index contributed by atoms with van der Waals surface area (Å²) in [6.45, 7) is 3.07. The molecule has 3 fully saturated rings. The normalized spacial score (nSPS) is 29.1. The van der Waals surface area contributed by atoms with Gasteiger partial charge < -0.3 is 19.3 Å². The van der Waals surface area contributed by atoms with Gasteiger partial charge in [-0.05, 0) is 44.9 Å². The van der Waals surface area contributed by atoms with Crippen LogP contribution in [0.15, 0.2) is 0 Å². The van der Waals surface area contributed by atoms with E-state index in [4.69, 9.17) is 9.47 Å². The summed E-state index contributed by atoms with van der Waals surface area (Å²) in [5, 5.41) is 0. The molecule has 2 saturated heterocycles. The minimum atomic E-state index is -0.104. The molecule has 2 amide bonds. The first-order chi connectivity index (χ1) is 11.2. The summed E-state index contributed by atoms with van der Waals surface area (Å²) in [4.78, 5) is 28.5. The Kier molecular flexibility index (Phi) is 5.41. The maximum Gasteiger partial charge on any atom is 0.319 e. The molecule has 0 N–H and O–H groups in total. The summed E-state index contributed by atoms with van der Waals surface area (Å²) in [6, 6.07) is 0.143. The second kappa shape index (κ2) is 7.51. The van der Waals surface area contributed by atoms with E-state index in [2.05, 4.69) is 0 Å². The highest BCUT2D eigenvalue weighted by Gasteiger charge is 2.35. The Balaban J connectivity index is 1.44. The maximum atomic E-state index is 12.4. The largest absolute Gasteiger partial charge is 0.459 e. The third kappa shape index (κ3) is 3.79. The molecule has 0 bridgehead atoms. The topological polar surface area (TPSA) is 59.1 Å². The molecule has 0 spiro atoms. The molecule has 130 valence electrons. The van der Waals surface area contributed by atoms with Crippen LogP contribution < -0.4 is 0 Å². The summed E-state index contributed by atoms with van der Waals surface area (Å²) < 4.78 is 11.1. The lowest BCUT2D eigenvalue weighted by Crippen LogP contribution is -2.47. The van der Waals surface area contributed by atoms with E-state index in [1.54, 1.807) is 7.11 Å². The molecule has 0 aromatic rings. The number of methoxy groups -OCH3 is 1. The maximum absolute atomic E-state index is 12.4. The van der Waals surface area contributed by atoms with Crippen molar-refractivity contribution in [3.63, 3.8) is 0 Å². The standard InChI is InChI=1S/C17H28N2O4/c1-22-14-5-4-6-15(14)23-16(20)13-7-11-19(12-8-13)17(21)18-9-2-3-10-18/h13-15H,2-12H2,1H3. The molecule has 0 aromatic carbocycles. The highest BCUT2D eigenvalue weighted by atomic mass is 16.6. The molecule has 0 aromatic heterocycles. The van der Waals surface area contributed by atoms with E-state index in [-0.39, 0.29) is 30.1 Å². The molecule has 1 saturated carbocycles. The highest BCUT2D eigenvalue weighted by Crippen LogP contribution is 2.27. The monoisotopic (exact) mass is 324 g/mol. The predicted molar refractivity (Wildman–Crippen MR) is 85.0 cm³/mol. The number of urea groups is 1. The Bertz CT molecular complexity index is 428. The van der Waals surface area contributed by atoms with E-state index in [9.17, 15) is 9.59 Å². The number of hydrogen-bond donors (Lipinski definition) is 0. The zero-order chi connectivity index (χ0) is 16.2. The van der Waals surface area contributed by atoms with Gasteiger partial charge in [0.25, 0.3) is 0 Å². The average molecular weight is 324 g/mol. The summed E-state index contributed by atoms with van der Waals surface area (Å²) in [5.41, 5.74) is 0. The Labute approximate surface area is 138 Å². The van der Waals surface area contributed by atoms with Gasteiger partial charge in [0.05, 0.1) is 12.0 Å². The van der Waals surface area contributed by atoms with Gasteiger partial charge in [-0.3, -0.25) is 4.79 Å². The van der Waals surface area contributed by atoms with Gasteiger partial charge in [-0.15, -0.1) is 0 Å². The van der Waals surface area contributed by atoms with Crippen LogP contribution in [0.5, 0.6) is 0 Å². The van der Waals surface area contributed by atoms with Gasteiger partial charge >= 0.3 is 12.0 Å². The Hall–Kier alpha value is -1.30. The van der Waals surface area contributed by atoms with E-state index in [1.165, 1.54) is 0 Å². The molecule has 3 rings (SSSR count). The van der Waals surface area contributed by atoms with Gasteiger partial charge in [0.1, 0.15) is 6.10 Å². The zero-order valence-corrected chi connectivity index (χ0v) is 14.0. The molecule has 0 radical (unpaired) electrons. The van der Waals surface area contributed by atoms with Crippen LogP contribution in [0.2, 0.25) is 0 Å². The lowest BCUT2D eigenvalue weighted by molar-refractivity contribution is -0.160. The Morgan fingerprint density at radius 3 is 2.09 bits per heavy atom. The number of likely N-dealkylation sites (tertiary alicyclic amines) is 2. The number of carbonyl (C=O) groups excluding carboxylic acids is 2. The van der Waals surface area contributed by atoms with Crippen molar-refractivity contribution in [2.45, 2.75) is 57.2 Å². The van der Waals surface area contributed by atoms with Crippen LogP contribution in [-0.4, -0.2) is 67.3 Å².